The van der Waals surface area contributed by atoms with Crippen LogP contribution in [0, 0.1) is 6.92 Å². The minimum absolute atomic E-state index is 0.203. The Bertz CT molecular complexity index is 1220. The van der Waals surface area contributed by atoms with Gasteiger partial charge in [-0.25, -0.2) is 4.98 Å². The number of para-hydroxylation sites is 1. The number of hydrogen-bond acceptors (Lipinski definition) is 3. The molecule has 1 N–H and O–H groups in total. The van der Waals surface area contributed by atoms with Crippen molar-refractivity contribution in [3.63, 3.8) is 0 Å². The van der Waals surface area contributed by atoms with E-state index in [1.54, 1.807) is 12.1 Å². The molecule has 30 heavy (non-hydrogen) atoms. The molecule has 4 aromatic rings. The van der Waals surface area contributed by atoms with Gasteiger partial charge in [-0.2, -0.15) is 0 Å². The molecule has 4 nitrogen and oxygen atoms in total. The molecule has 1 heterocycles. The van der Waals surface area contributed by atoms with E-state index in [1.165, 1.54) is 0 Å². The Hall–Kier alpha value is -3.37. The fourth-order valence-corrected chi connectivity index (χ4v) is 3.49. The number of benzene rings is 3. The monoisotopic (exact) mass is 416 g/mol. The average molecular weight is 417 g/mol. The topological polar surface area (TPSA) is 51.2 Å². The first-order valence-corrected chi connectivity index (χ1v) is 10.1. The van der Waals surface area contributed by atoms with E-state index in [0.29, 0.717) is 22.9 Å². The number of aryl methyl sites for hydroxylation is 1. The summed E-state index contributed by atoms with van der Waals surface area (Å²) in [5.74, 6) is 0.600. The number of halogens is 1. The van der Waals surface area contributed by atoms with Gasteiger partial charge in [-0.05, 0) is 67.9 Å². The van der Waals surface area contributed by atoms with Crippen LogP contribution in [0.2, 0.25) is 5.02 Å². The molecule has 0 fully saturated rings. The van der Waals surface area contributed by atoms with Crippen LogP contribution in [0.5, 0.6) is 5.75 Å². The van der Waals surface area contributed by atoms with Crippen molar-refractivity contribution in [1.29, 1.82) is 0 Å². The van der Waals surface area contributed by atoms with Crippen molar-refractivity contribution in [1.82, 2.24) is 4.98 Å². The molecule has 0 bridgehead atoms. The molecule has 0 radical (unpaired) electrons. The van der Waals surface area contributed by atoms with E-state index in [2.05, 4.69) is 5.32 Å². The van der Waals surface area contributed by atoms with Gasteiger partial charge in [0, 0.05) is 21.7 Å². The predicted molar refractivity (Wildman–Crippen MR) is 122 cm³/mol. The summed E-state index contributed by atoms with van der Waals surface area (Å²) in [5, 5.41) is 4.36. The van der Waals surface area contributed by atoms with Gasteiger partial charge < -0.3 is 10.1 Å². The van der Waals surface area contributed by atoms with E-state index in [9.17, 15) is 4.79 Å². The molecule has 5 heteroatoms. The average Bonchev–Trinajstić information content (AvgIpc) is 2.76. The Morgan fingerprint density at radius 2 is 1.80 bits per heavy atom. The van der Waals surface area contributed by atoms with E-state index in [0.717, 1.165) is 33.5 Å². The van der Waals surface area contributed by atoms with Gasteiger partial charge in [0.2, 0.25) is 0 Å². The maximum Gasteiger partial charge on any atom is 0.256 e. The summed E-state index contributed by atoms with van der Waals surface area (Å²) in [5.41, 5.74) is 4.59. The summed E-state index contributed by atoms with van der Waals surface area (Å²) in [6.07, 6.45) is 0. The second-order valence-electron chi connectivity index (χ2n) is 6.94. The Kier molecular flexibility index (Phi) is 5.68. The molecule has 0 saturated heterocycles. The summed E-state index contributed by atoms with van der Waals surface area (Å²) < 4.78 is 5.52. The van der Waals surface area contributed by atoms with Crippen molar-refractivity contribution in [3.05, 3.63) is 88.9 Å². The molecule has 150 valence electrons. The van der Waals surface area contributed by atoms with Crippen LogP contribution in [0.4, 0.5) is 5.69 Å². The third-order valence-electron chi connectivity index (χ3n) is 4.87. The zero-order valence-corrected chi connectivity index (χ0v) is 17.5. The number of fused-ring (bicyclic) bond motifs is 1. The highest BCUT2D eigenvalue weighted by atomic mass is 35.5. The SMILES string of the molecule is CCOc1ccc(-c2cc(C(=O)Nc3cc(Cl)ccc3C)c3ccccc3n2)cc1. The van der Waals surface area contributed by atoms with Gasteiger partial charge >= 0.3 is 0 Å². The minimum Gasteiger partial charge on any atom is -0.494 e. The van der Waals surface area contributed by atoms with Crippen LogP contribution in [0.25, 0.3) is 22.2 Å². The zero-order valence-electron chi connectivity index (χ0n) is 16.8. The van der Waals surface area contributed by atoms with Crippen molar-refractivity contribution in [2.24, 2.45) is 0 Å². The lowest BCUT2D eigenvalue weighted by molar-refractivity contribution is 0.102. The van der Waals surface area contributed by atoms with Gasteiger partial charge in [-0.3, -0.25) is 4.79 Å². The molecular weight excluding hydrogens is 396 g/mol. The van der Waals surface area contributed by atoms with Crippen molar-refractivity contribution < 1.29 is 9.53 Å². The number of ether oxygens (including phenoxy) is 1. The fourth-order valence-electron chi connectivity index (χ4n) is 3.32. The first-order chi connectivity index (χ1) is 14.5. The van der Waals surface area contributed by atoms with Gasteiger partial charge in [-0.15, -0.1) is 0 Å². The van der Waals surface area contributed by atoms with Crippen molar-refractivity contribution in [2.45, 2.75) is 13.8 Å². The van der Waals surface area contributed by atoms with Crippen LogP contribution in [-0.2, 0) is 0 Å². The number of carbonyl (C=O) groups is 1. The lowest BCUT2D eigenvalue weighted by Crippen LogP contribution is -2.14. The van der Waals surface area contributed by atoms with Crippen LogP contribution in [0.1, 0.15) is 22.8 Å². The lowest BCUT2D eigenvalue weighted by Gasteiger charge is -2.12. The van der Waals surface area contributed by atoms with E-state index in [-0.39, 0.29) is 5.91 Å². The number of pyridine rings is 1. The molecule has 0 aliphatic rings. The highest BCUT2D eigenvalue weighted by Gasteiger charge is 2.15. The van der Waals surface area contributed by atoms with Crippen molar-refractivity contribution >= 4 is 34.1 Å². The quantitative estimate of drug-likeness (QED) is 0.403. The summed E-state index contributed by atoms with van der Waals surface area (Å²) in [6, 6.07) is 22.6. The Morgan fingerprint density at radius 1 is 1.03 bits per heavy atom. The zero-order chi connectivity index (χ0) is 21.1. The van der Waals surface area contributed by atoms with Gasteiger partial charge in [0.1, 0.15) is 5.75 Å². The predicted octanol–water partition coefficient (Wildman–Crippen LogP) is 6.51. The first kappa shape index (κ1) is 19.9. The standard InChI is InChI=1S/C25H21ClN2O2/c1-3-30-19-12-9-17(10-13-19)24-15-21(20-6-4-5-7-22(20)27-24)25(29)28-23-14-18(26)11-8-16(23)2/h4-15H,3H2,1-2H3,(H,28,29). The number of hydrogen-bond donors (Lipinski definition) is 1. The number of amides is 1. The van der Waals surface area contributed by atoms with Gasteiger partial charge in [0.25, 0.3) is 5.91 Å². The number of nitrogens with zero attached hydrogens (tertiary/aromatic N) is 1. The van der Waals surface area contributed by atoms with Crippen molar-refractivity contribution in [2.75, 3.05) is 11.9 Å². The van der Waals surface area contributed by atoms with Crippen molar-refractivity contribution in [3.8, 4) is 17.0 Å². The Morgan fingerprint density at radius 3 is 2.57 bits per heavy atom. The van der Waals surface area contributed by atoms with Crippen LogP contribution in [-0.4, -0.2) is 17.5 Å². The number of carbonyl (C=O) groups excluding carboxylic acids is 1. The maximum atomic E-state index is 13.2. The van der Waals surface area contributed by atoms with Crippen LogP contribution < -0.4 is 10.1 Å². The van der Waals surface area contributed by atoms with E-state index in [4.69, 9.17) is 21.3 Å². The summed E-state index contributed by atoms with van der Waals surface area (Å²) >= 11 is 6.11. The lowest BCUT2D eigenvalue weighted by atomic mass is 10.0. The summed E-state index contributed by atoms with van der Waals surface area (Å²) in [4.78, 5) is 18.0. The summed E-state index contributed by atoms with van der Waals surface area (Å²) in [7, 11) is 0. The number of nitrogens with one attached hydrogen (secondary N) is 1. The highest BCUT2D eigenvalue weighted by Crippen LogP contribution is 2.28. The molecule has 0 unspecified atom stereocenters. The van der Waals surface area contributed by atoms with Crippen LogP contribution in [0.15, 0.2) is 72.8 Å². The molecule has 0 atom stereocenters. The largest absolute Gasteiger partial charge is 0.494 e. The van der Waals surface area contributed by atoms with Crippen LogP contribution in [0.3, 0.4) is 0 Å². The highest BCUT2D eigenvalue weighted by molar-refractivity contribution is 6.31. The fraction of sp³-hybridized carbons (Fsp3) is 0.120. The third-order valence-corrected chi connectivity index (χ3v) is 5.10. The molecular formula is C25H21ClN2O2. The van der Waals surface area contributed by atoms with Crippen LogP contribution >= 0.6 is 11.6 Å². The van der Waals surface area contributed by atoms with E-state index >= 15 is 0 Å². The minimum atomic E-state index is -0.203. The second kappa shape index (κ2) is 8.56. The molecule has 4 rings (SSSR count). The summed E-state index contributed by atoms with van der Waals surface area (Å²) in [6.45, 7) is 4.49. The molecule has 3 aromatic carbocycles. The van der Waals surface area contributed by atoms with Gasteiger partial charge in [-0.1, -0.05) is 35.9 Å². The molecule has 0 spiro atoms. The number of anilines is 1. The van der Waals surface area contributed by atoms with E-state index < -0.39 is 0 Å². The number of aromatic nitrogens is 1. The smallest absolute Gasteiger partial charge is 0.256 e. The third kappa shape index (κ3) is 4.14. The molecule has 1 aromatic heterocycles. The molecule has 1 amide bonds. The molecule has 0 aliphatic carbocycles. The first-order valence-electron chi connectivity index (χ1n) is 9.75. The maximum absolute atomic E-state index is 13.2. The Labute approximate surface area is 180 Å². The second-order valence-corrected chi connectivity index (χ2v) is 7.38. The van der Waals surface area contributed by atoms with Gasteiger partial charge in [0.05, 0.1) is 23.4 Å². The number of rotatable bonds is 5. The molecule has 0 aliphatic heterocycles. The molecule has 0 saturated carbocycles. The normalized spacial score (nSPS) is 10.8. The van der Waals surface area contributed by atoms with Gasteiger partial charge in [0.15, 0.2) is 0 Å². The Balaban J connectivity index is 1.76. The van der Waals surface area contributed by atoms with E-state index in [1.807, 2.05) is 74.5 Å².